The van der Waals surface area contributed by atoms with E-state index in [0.29, 0.717) is 32.6 Å². The fraction of sp³-hybridized carbons (Fsp3) is 0.100. The number of carbonyl (C=O) groups is 2. The van der Waals surface area contributed by atoms with Gasteiger partial charge in [0.25, 0.3) is 0 Å². The molecule has 2 aromatic carbocycles. The van der Waals surface area contributed by atoms with Crippen molar-refractivity contribution in [3.8, 4) is 5.75 Å². The summed E-state index contributed by atoms with van der Waals surface area (Å²) in [4.78, 5) is 31.1. The number of benzene rings is 2. The van der Waals surface area contributed by atoms with Crippen LogP contribution < -0.4 is 26.4 Å². The highest BCUT2D eigenvalue weighted by Gasteiger charge is 2.14. The van der Waals surface area contributed by atoms with Crippen LogP contribution in [0.4, 0.5) is 26.4 Å². The number of fused-ring (bicyclic) bond motifs is 1. The molecule has 0 aliphatic rings. The first kappa shape index (κ1) is 22.0. The molecule has 0 saturated carbocycles. The standard InChI is InChI=1S/C20H18BrFN6O3/c1-2-18(29)27-16-8-12-15(9-17(16)31-6-5-24-20(23)30)25-10-26-19(12)28-14-4-3-11(21)7-13(14)22/h2-4,7-10H,1,5-6H2,(H,27,29)(H3,23,24,30)(H,25,26,28). The van der Waals surface area contributed by atoms with Gasteiger partial charge in [-0.1, -0.05) is 22.5 Å². The zero-order chi connectivity index (χ0) is 22.4. The highest BCUT2D eigenvalue weighted by Crippen LogP contribution is 2.34. The first-order chi connectivity index (χ1) is 14.9. The van der Waals surface area contributed by atoms with E-state index >= 15 is 0 Å². The number of aromatic nitrogens is 2. The number of rotatable bonds is 8. The quantitative estimate of drug-likeness (QED) is 0.283. The first-order valence-corrected chi connectivity index (χ1v) is 9.77. The van der Waals surface area contributed by atoms with E-state index < -0.39 is 17.8 Å². The van der Waals surface area contributed by atoms with E-state index in [9.17, 15) is 14.0 Å². The number of nitrogens with one attached hydrogen (secondary N) is 3. The van der Waals surface area contributed by atoms with Crippen molar-refractivity contribution in [3.05, 3.63) is 59.6 Å². The number of primary amides is 1. The van der Waals surface area contributed by atoms with Crippen LogP contribution >= 0.6 is 15.9 Å². The van der Waals surface area contributed by atoms with Gasteiger partial charge in [0, 0.05) is 15.9 Å². The van der Waals surface area contributed by atoms with E-state index in [1.165, 1.54) is 12.4 Å². The van der Waals surface area contributed by atoms with Crippen molar-refractivity contribution in [2.45, 2.75) is 0 Å². The van der Waals surface area contributed by atoms with Crippen molar-refractivity contribution in [1.29, 1.82) is 0 Å². The Labute approximate surface area is 185 Å². The van der Waals surface area contributed by atoms with Crippen LogP contribution in [0.5, 0.6) is 5.75 Å². The van der Waals surface area contributed by atoms with Crippen LogP contribution in [0.15, 0.2) is 53.8 Å². The monoisotopic (exact) mass is 488 g/mol. The summed E-state index contributed by atoms with van der Waals surface area (Å²) in [6.45, 7) is 3.71. The molecule has 5 N–H and O–H groups in total. The number of nitrogens with zero attached hydrogens (tertiary/aromatic N) is 2. The summed E-state index contributed by atoms with van der Waals surface area (Å²) < 4.78 is 20.5. The number of halogens is 2. The maximum Gasteiger partial charge on any atom is 0.312 e. The van der Waals surface area contributed by atoms with Gasteiger partial charge in [-0.3, -0.25) is 4.79 Å². The predicted molar refractivity (Wildman–Crippen MR) is 119 cm³/mol. The second-order valence-electron chi connectivity index (χ2n) is 6.17. The molecule has 3 aromatic rings. The molecule has 160 valence electrons. The lowest BCUT2D eigenvalue weighted by Crippen LogP contribution is -2.32. The second-order valence-corrected chi connectivity index (χ2v) is 7.09. The fourth-order valence-electron chi connectivity index (χ4n) is 2.64. The largest absolute Gasteiger partial charge is 0.489 e. The van der Waals surface area contributed by atoms with Gasteiger partial charge in [0.2, 0.25) is 5.91 Å². The number of carbonyl (C=O) groups excluding carboxylic acids is 2. The normalized spacial score (nSPS) is 10.4. The van der Waals surface area contributed by atoms with Crippen LogP contribution in [0.1, 0.15) is 0 Å². The number of urea groups is 1. The average molecular weight is 489 g/mol. The summed E-state index contributed by atoms with van der Waals surface area (Å²) in [5.74, 6) is -0.274. The Morgan fingerprint density at radius 3 is 2.74 bits per heavy atom. The molecule has 0 unspecified atom stereocenters. The highest BCUT2D eigenvalue weighted by molar-refractivity contribution is 9.10. The molecule has 0 aliphatic carbocycles. The van der Waals surface area contributed by atoms with Gasteiger partial charge in [0.15, 0.2) is 0 Å². The van der Waals surface area contributed by atoms with Crippen LogP contribution in [0.3, 0.4) is 0 Å². The molecule has 3 amide bonds. The first-order valence-electron chi connectivity index (χ1n) is 8.97. The molecule has 11 heteroatoms. The molecule has 0 spiro atoms. The maximum atomic E-state index is 14.3. The molecule has 3 rings (SSSR count). The highest BCUT2D eigenvalue weighted by atomic mass is 79.9. The van der Waals surface area contributed by atoms with Crippen LogP contribution in [-0.2, 0) is 4.79 Å². The lowest BCUT2D eigenvalue weighted by atomic mass is 10.1. The van der Waals surface area contributed by atoms with Crippen molar-refractivity contribution < 1.29 is 18.7 Å². The van der Waals surface area contributed by atoms with Gasteiger partial charge in [-0.15, -0.1) is 0 Å². The second kappa shape index (κ2) is 9.85. The zero-order valence-corrected chi connectivity index (χ0v) is 17.7. The Morgan fingerprint density at radius 1 is 1.23 bits per heavy atom. The number of nitrogens with two attached hydrogens (primary N) is 1. The Hall–Kier alpha value is -3.73. The number of hydrogen-bond acceptors (Lipinski definition) is 6. The third-order valence-electron chi connectivity index (χ3n) is 4.02. The molecule has 1 aromatic heterocycles. The van der Waals surface area contributed by atoms with E-state index in [1.54, 1.807) is 24.3 Å². The van der Waals surface area contributed by atoms with E-state index in [1.807, 2.05) is 0 Å². The minimum atomic E-state index is -0.675. The molecule has 0 atom stereocenters. The van der Waals surface area contributed by atoms with Gasteiger partial charge in [-0.05, 0) is 30.3 Å². The molecule has 0 radical (unpaired) electrons. The number of amides is 3. The summed E-state index contributed by atoms with van der Waals surface area (Å²) in [7, 11) is 0. The molecule has 31 heavy (non-hydrogen) atoms. The Balaban J connectivity index is 1.97. The summed E-state index contributed by atoms with van der Waals surface area (Å²) in [6, 6.07) is 7.11. The Bertz CT molecular complexity index is 1160. The van der Waals surface area contributed by atoms with Crippen molar-refractivity contribution in [1.82, 2.24) is 15.3 Å². The maximum absolute atomic E-state index is 14.3. The fourth-order valence-corrected chi connectivity index (χ4v) is 2.97. The third kappa shape index (κ3) is 5.66. The summed E-state index contributed by atoms with van der Waals surface area (Å²) in [5, 5.41) is 8.52. The van der Waals surface area contributed by atoms with Gasteiger partial charge in [-0.2, -0.15) is 0 Å². The smallest absolute Gasteiger partial charge is 0.312 e. The molecule has 1 heterocycles. The molecule has 0 fully saturated rings. The van der Waals surface area contributed by atoms with Crippen molar-refractivity contribution in [3.63, 3.8) is 0 Å². The Morgan fingerprint density at radius 2 is 2.03 bits per heavy atom. The number of hydrogen-bond donors (Lipinski definition) is 4. The lowest BCUT2D eigenvalue weighted by molar-refractivity contribution is -0.111. The lowest BCUT2D eigenvalue weighted by Gasteiger charge is -2.15. The van der Waals surface area contributed by atoms with E-state index in [0.717, 1.165) is 6.08 Å². The Kier molecular flexibility index (Phi) is 6.98. The predicted octanol–water partition coefficient (Wildman–Crippen LogP) is 3.45. The van der Waals surface area contributed by atoms with Crippen LogP contribution in [-0.4, -0.2) is 35.1 Å². The van der Waals surface area contributed by atoms with E-state index in [-0.39, 0.29) is 18.8 Å². The molecular weight excluding hydrogens is 471 g/mol. The van der Waals surface area contributed by atoms with Crippen LogP contribution in [0.25, 0.3) is 10.9 Å². The average Bonchev–Trinajstić information content (AvgIpc) is 2.73. The summed E-state index contributed by atoms with van der Waals surface area (Å²) >= 11 is 3.22. The zero-order valence-electron chi connectivity index (χ0n) is 16.1. The number of anilines is 3. The van der Waals surface area contributed by atoms with Crippen LogP contribution in [0, 0.1) is 5.82 Å². The summed E-state index contributed by atoms with van der Waals surface area (Å²) in [6.07, 6.45) is 2.43. The summed E-state index contributed by atoms with van der Waals surface area (Å²) in [5.41, 5.74) is 6.07. The minimum Gasteiger partial charge on any atom is -0.489 e. The molecule has 0 saturated heterocycles. The minimum absolute atomic E-state index is 0.103. The van der Waals surface area contributed by atoms with Crippen molar-refractivity contribution in [2.24, 2.45) is 5.73 Å². The van der Waals surface area contributed by atoms with Gasteiger partial charge in [0.05, 0.1) is 23.4 Å². The SMILES string of the molecule is C=CC(=O)Nc1cc2c(Nc3ccc(Br)cc3F)ncnc2cc1OCCNC(N)=O. The number of ether oxygens (including phenoxy) is 1. The van der Waals surface area contributed by atoms with Gasteiger partial charge < -0.3 is 26.4 Å². The van der Waals surface area contributed by atoms with Crippen molar-refractivity contribution >= 4 is 56.0 Å². The third-order valence-corrected chi connectivity index (χ3v) is 4.52. The molecule has 0 aliphatic heterocycles. The van der Waals surface area contributed by atoms with Gasteiger partial charge in [0.1, 0.15) is 30.3 Å². The van der Waals surface area contributed by atoms with Crippen molar-refractivity contribution in [2.75, 3.05) is 23.8 Å². The van der Waals surface area contributed by atoms with Gasteiger partial charge >= 0.3 is 6.03 Å². The van der Waals surface area contributed by atoms with Crippen LogP contribution in [0.2, 0.25) is 0 Å². The molecule has 0 bridgehead atoms. The topological polar surface area (TPSA) is 131 Å². The van der Waals surface area contributed by atoms with E-state index in [2.05, 4.69) is 48.4 Å². The molecular formula is C20H18BrFN6O3. The molecule has 9 nitrogen and oxygen atoms in total. The van der Waals surface area contributed by atoms with E-state index in [4.69, 9.17) is 10.5 Å². The van der Waals surface area contributed by atoms with Gasteiger partial charge in [-0.25, -0.2) is 19.2 Å².